The second-order valence-electron chi connectivity index (χ2n) is 5.80. The molecule has 0 aliphatic carbocycles. The normalized spacial score (nSPS) is 14.7. The van der Waals surface area contributed by atoms with E-state index in [-0.39, 0.29) is 11.7 Å². The van der Waals surface area contributed by atoms with E-state index in [1.54, 1.807) is 18.9 Å². The third-order valence-corrected chi connectivity index (χ3v) is 4.15. The van der Waals surface area contributed by atoms with Gasteiger partial charge in [0.2, 0.25) is 0 Å². The number of anilines is 1. The van der Waals surface area contributed by atoms with E-state index >= 15 is 0 Å². The molecule has 1 aliphatic heterocycles. The molecule has 1 unspecified atom stereocenters. The Labute approximate surface area is 140 Å². The number of nitrogens with zero attached hydrogens (tertiary/aromatic N) is 1. The van der Waals surface area contributed by atoms with Crippen LogP contribution in [0.25, 0.3) is 0 Å². The van der Waals surface area contributed by atoms with Crippen LogP contribution in [-0.2, 0) is 11.2 Å². The molecule has 0 saturated heterocycles. The number of carbonyl (C=O) groups excluding carboxylic acids is 1. The maximum atomic E-state index is 13.0. The minimum atomic E-state index is -0.650. The molecule has 1 heterocycles. The van der Waals surface area contributed by atoms with Crippen molar-refractivity contribution in [3.63, 3.8) is 0 Å². The van der Waals surface area contributed by atoms with Crippen molar-refractivity contribution >= 4 is 11.6 Å². The zero-order valence-corrected chi connectivity index (χ0v) is 13.8. The average Bonchev–Trinajstić information content (AvgIpc) is 2.62. The number of methoxy groups -OCH3 is 1. The summed E-state index contributed by atoms with van der Waals surface area (Å²) in [7, 11) is 1.63. The first kappa shape index (κ1) is 16.3. The zero-order valence-electron chi connectivity index (χ0n) is 13.8. The number of carbonyl (C=O) groups is 1. The Hall–Kier alpha value is -2.56. The van der Waals surface area contributed by atoms with Crippen LogP contribution >= 0.6 is 0 Å². The third kappa shape index (κ3) is 3.35. The van der Waals surface area contributed by atoms with E-state index in [2.05, 4.69) is 0 Å². The van der Waals surface area contributed by atoms with Gasteiger partial charge in [0.15, 0.2) is 6.10 Å². The zero-order chi connectivity index (χ0) is 17.1. The first-order chi connectivity index (χ1) is 11.6. The molecule has 0 fully saturated rings. The Morgan fingerprint density at radius 3 is 2.58 bits per heavy atom. The van der Waals surface area contributed by atoms with Gasteiger partial charge in [-0.1, -0.05) is 0 Å². The number of hydrogen-bond donors (Lipinski definition) is 0. The van der Waals surface area contributed by atoms with E-state index in [4.69, 9.17) is 9.47 Å². The van der Waals surface area contributed by atoms with Gasteiger partial charge in [0, 0.05) is 12.2 Å². The maximum Gasteiger partial charge on any atom is 0.267 e. The van der Waals surface area contributed by atoms with E-state index in [9.17, 15) is 9.18 Å². The first-order valence-corrected chi connectivity index (χ1v) is 7.99. The van der Waals surface area contributed by atoms with Gasteiger partial charge in [-0.3, -0.25) is 4.79 Å². The van der Waals surface area contributed by atoms with Gasteiger partial charge in [0.25, 0.3) is 5.91 Å². The van der Waals surface area contributed by atoms with Gasteiger partial charge >= 0.3 is 0 Å². The van der Waals surface area contributed by atoms with Crippen molar-refractivity contribution in [3.05, 3.63) is 53.8 Å². The van der Waals surface area contributed by atoms with E-state index in [1.807, 2.05) is 18.2 Å². The summed E-state index contributed by atoms with van der Waals surface area (Å²) in [5, 5.41) is 0. The van der Waals surface area contributed by atoms with Gasteiger partial charge < -0.3 is 14.4 Å². The van der Waals surface area contributed by atoms with Gasteiger partial charge in [0.1, 0.15) is 17.3 Å². The van der Waals surface area contributed by atoms with Crippen LogP contribution in [0, 0.1) is 5.82 Å². The fourth-order valence-electron chi connectivity index (χ4n) is 2.92. The largest absolute Gasteiger partial charge is 0.497 e. The monoisotopic (exact) mass is 329 g/mol. The third-order valence-electron chi connectivity index (χ3n) is 4.15. The number of hydrogen-bond acceptors (Lipinski definition) is 3. The lowest BCUT2D eigenvalue weighted by atomic mass is 10.0. The lowest BCUT2D eigenvalue weighted by Gasteiger charge is -2.31. The predicted molar refractivity (Wildman–Crippen MR) is 90.2 cm³/mol. The van der Waals surface area contributed by atoms with Gasteiger partial charge in [-0.05, 0) is 67.8 Å². The minimum absolute atomic E-state index is 0.106. The lowest BCUT2D eigenvalue weighted by molar-refractivity contribution is -0.124. The van der Waals surface area contributed by atoms with Crippen molar-refractivity contribution in [1.29, 1.82) is 0 Å². The fourth-order valence-corrected chi connectivity index (χ4v) is 2.92. The summed E-state index contributed by atoms with van der Waals surface area (Å²) in [6, 6.07) is 11.4. The molecular weight excluding hydrogens is 309 g/mol. The molecule has 4 nitrogen and oxygen atoms in total. The molecule has 0 spiro atoms. The highest BCUT2D eigenvalue weighted by molar-refractivity contribution is 5.97. The molecule has 5 heteroatoms. The Morgan fingerprint density at radius 2 is 1.88 bits per heavy atom. The molecule has 126 valence electrons. The van der Waals surface area contributed by atoms with Crippen LogP contribution in [0.1, 0.15) is 18.9 Å². The molecule has 24 heavy (non-hydrogen) atoms. The second kappa shape index (κ2) is 6.91. The fraction of sp³-hybridized carbons (Fsp3) is 0.316. The molecule has 0 N–H and O–H groups in total. The Balaban J connectivity index is 1.77. The van der Waals surface area contributed by atoms with Crippen LogP contribution in [0.4, 0.5) is 10.1 Å². The van der Waals surface area contributed by atoms with Gasteiger partial charge in [-0.25, -0.2) is 4.39 Å². The van der Waals surface area contributed by atoms with Crippen molar-refractivity contribution in [2.24, 2.45) is 0 Å². The summed E-state index contributed by atoms with van der Waals surface area (Å²) in [5.41, 5.74) is 2.00. The molecular formula is C19H20FNO3. The Kier molecular flexibility index (Phi) is 4.69. The summed E-state index contributed by atoms with van der Waals surface area (Å²) >= 11 is 0. The van der Waals surface area contributed by atoms with E-state index in [0.29, 0.717) is 12.3 Å². The maximum absolute atomic E-state index is 13.0. The molecule has 0 saturated carbocycles. The van der Waals surface area contributed by atoms with Crippen LogP contribution in [0.15, 0.2) is 42.5 Å². The van der Waals surface area contributed by atoms with E-state index in [1.165, 1.54) is 24.3 Å². The topological polar surface area (TPSA) is 38.8 Å². The number of halogens is 1. The molecule has 3 rings (SSSR count). The minimum Gasteiger partial charge on any atom is -0.497 e. The summed E-state index contributed by atoms with van der Waals surface area (Å²) in [4.78, 5) is 14.5. The van der Waals surface area contributed by atoms with Crippen LogP contribution in [0.2, 0.25) is 0 Å². The van der Waals surface area contributed by atoms with Crippen molar-refractivity contribution in [2.45, 2.75) is 25.9 Å². The molecule has 1 atom stereocenters. The van der Waals surface area contributed by atoms with E-state index in [0.717, 1.165) is 29.8 Å². The van der Waals surface area contributed by atoms with Crippen molar-refractivity contribution < 1.29 is 18.7 Å². The van der Waals surface area contributed by atoms with Crippen molar-refractivity contribution in [2.75, 3.05) is 18.6 Å². The number of aryl methyl sites for hydroxylation is 1. The summed E-state index contributed by atoms with van der Waals surface area (Å²) in [6.07, 6.45) is 1.17. The SMILES string of the molecule is COc1ccc2c(c1)CCCN2C(=O)C(C)Oc1ccc(F)cc1. The number of rotatable bonds is 4. The number of ether oxygens (including phenoxy) is 2. The van der Waals surface area contributed by atoms with Crippen LogP contribution < -0.4 is 14.4 Å². The van der Waals surface area contributed by atoms with Gasteiger partial charge in [-0.2, -0.15) is 0 Å². The number of amides is 1. The highest BCUT2D eigenvalue weighted by Gasteiger charge is 2.27. The smallest absolute Gasteiger partial charge is 0.267 e. The molecule has 1 amide bonds. The van der Waals surface area contributed by atoms with Crippen LogP contribution in [0.5, 0.6) is 11.5 Å². The van der Waals surface area contributed by atoms with Crippen molar-refractivity contribution in [3.8, 4) is 11.5 Å². The average molecular weight is 329 g/mol. The van der Waals surface area contributed by atoms with Crippen LogP contribution in [-0.4, -0.2) is 25.7 Å². The molecule has 2 aromatic rings. The molecule has 0 aromatic heterocycles. The summed E-state index contributed by atoms with van der Waals surface area (Å²) in [6.45, 7) is 2.37. The number of benzene rings is 2. The quantitative estimate of drug-likeness (QED) is 0.860. The predicted octanol–water partition coefficient (Wildman–Crippen LogP) is 3.58. The molecule has 1 aliphatic rings. The summed E-state index contributed by atoms with van der Waals surface area (Å²) in [5.74, 6) is 0.827. The second-order valence-corrected chi connectivity index (χ2v) is 5.80. The van der Waals surface area contributed by atoms with Gasteiger partial charge in [-0.15, -0.1) is 0 Å². The van der Waals surface area contributed by atoms with Crippen molar-refractivity contribution in [1.82, 2.24) is 0 Å². The first-order valence-electron chi connectivity index (χ1n) is 7.99. The van der Waals surface area contributed by atoms with E-state index < -0.39 is 6.10 Å². The Bertz CT molecular complexity index is 730. The Morgan fingerprint density at radius 1 is 1.17 bits per heavy atom. The van der Waals surface area contributed by atoms with Crippen LogP contribution in [0.3, 0.4) is 0 Å². The highest BCUT2D eigenvalue weighted by atomic mass is 19.1. The molecule has 0 radical (unpaired) electrons. The molecule has 2 aromatic carbocycles. The number of fused-ring (bicyclic) bond motifs is 1. The van der Waals surface area contributed by atoms with Gasteiger partial charge in [0.05, 0.1) is 7.11 Å². The lowest BCUT2D eigenvalue weighted by Crippen LogP contribution is -2.43. The summed E-state index contributed by atoms with van der Waals surface area (Å²) < 4.78 is 23.9. The molecule has 0 bridgehead atoms. The highest BCUT2D eigenvalue weighted by Crippen LogP contribution is 2.31. The standard InChI is InChI=1S/C19H20FNO3/c1-13(24-16-7-5-15(20)6-8-16)19(22)21-11-3-4-14-12-17(23-2)9-10-18(14)21/h5-10,12-13H,3-4,11H2,1-2H3.